The van der Waals surface area contributed by atoms with Crippen molar-refractivity contribution in [1.82, 2.24) is 9.55 Å². The molecule has 1 aromatic heterocycles. The Bertz CT molecular complexity index is 566. The van der Waals surface area contributed by atoms with Crippen molar-refractivity contribution in [1.29, 1.82) is 5.26 Å². The molecule has 1 aromatic carbocycles. The smallest absolute Gasteiger partial charge is 0.168 e. The Kier molecular flexibility index (Phi) is 3.70. The van der Waals surface area contributed by atoms with Gasteiger partial charge in [0.2, 0.25) is 0 Å². The summed E-state index contributed by atoms with van der Waals surface area (Å²) in [5, 5.41) is 9.52. The Morgan fingerprint density at radius 2 is 2.29 bits per heavy atom. The number of imidazole rings is 1. The summed E-state index contributed by atoms with van der Waals surface area (Å²) in [6.07, 6.45) is 1.59. The van der Waals surface area contributed by atoms with Gasteiger partial charge in [0.15, 0.2) is 5.16 Å². The molecule has 4 heteroatoms. The van der Waals surface area contributed by atoms with Crippen molar-refractivity contribution in [2.24, 2.45) is 7.05 Å². The van der Waals surface area contributed by atoms with Crippen molar-refractivity contribution in [2.45, 2.75) is 24.9 Å². The molecule has 2 aromatic rings. The van der Waals surface area contributed by atoms with Crippen LogP contribution < -0.4 is 0 Å². The molecule has 2 rings (SSSR count). The normalized spacial score (nSPS) is 10.6. The molecule has 0 radical (unpaired) electrons. The molecule has 0 atom stereocenters. The molecule has 0 aliphatic heterocycles. The molecule has 0 saturated carbocycles. The highest BCUT2D eigenvalue weighted by Gasteiger charge is 2.08. The summed E-state index contributed by atoms with van der Waals surface area (Å²) < 4.78 is 2.09. The van der Waals surface area contributed by atoms with Crippen molar-refractivity contribution in [3.05, 3.63) is 23.8 Å². The predicted octanol–water partition coefficient (Wildman–Crippen LogP) is 3.14. The Labute approximate surface area is 105 Å². The lowest BCUT2D eigenvalue weighted by Gasteiger charge is -2.00. The molecule has 0 bridgehead atoms. The highest BCUT2D eigenvalue weighted by atomic mass is 32.2. The molecule has 0 aliphatic rings. The maximum Gasteiger partial charge on any atom is 0.168 e. The molecule has 0 spiro atoms. The number of benzene rings is 1. The van der Waals surface area contributed by atoms with Crippen molar-refractivity contribution in [3.63, 3.8) is 0 Å². The van der Waals surface area contributed by atoms with E-state index in [0.29, 0.717) is 6.42 Å². The number of rotatable bonds is 4. The molecular weight excluding hydrogens is 230 g/mol. The van der Waals surface area contributed by atoms with Crippen LogP contribution in [0.5, 0.6) is 0 Å². The summed E-state index contributed by atoms with van der Waals surface area (Å²) in [4.78, 5) is 4.61. The number of hydrogen-bond donors (Lipinski definition) is 0. The van der Waals surface area contributed by atoms with Crippen LogP contribution in [0.3, 0.4) is 0 Å². The third kappa shape index (κ3) is 2.45. The Morgan fingerprint density at radius 3 is 3.00 bits per heavy atom. The summed E-state index contributed by atoms with van der Waals surface area (Å²) in [6, 6.07) is 8.56. The van der Waals surface area contributed by atoms with E-state index in [0.717, 1.165) is 28.4 Å². The van der Waals surface area contributed by atoms with Crippen molar-refractivity contribution < 1.29 is 0 Å². The average Bonchev–Trinajstić information content (AvgIpc) is 2.66. The zero-order chi connectivity index (χ0) is 12.3. The Hall–Kier alpha value is -1.47. The van der Waals surface area contributed by atoms with Crippen LogP contribution in [0, 0.1) is 11.3 Å². The summed E-state index contributed by atoms with van der Waals surface area (Å²) in [5.41, 5.74) is 3.51. The van der Waals surface area contributed by atoms with E-state index >= 15 is 0 Å². The SMILES string of the molecule is CCc1ccc2c(c1)nc(SCCC#N)n2C. The highest BCUT2D eigenvalue weighted by Crippen LogP contribution is 2.24. The van der Waals surface area contributed by atoms with Gasteiger partial charge < -0.3 is 4.57 Å². The summed E-state index contributed by atoms with van der Waals surface area (Å²) >= 11 is 1.64. The van der Waals surface area contributed by atoms with Crippen LogP contribution in [0.2, 0.25) is 0 Å². The molecule has 0 unspecified atom stereocenters. The van der Waals surface area contributed by atoms with Crippen molar-refractivity contribution >= 4 is 22.8 Å². The van der Waals surface area contributed by atoms with Gasteiger partial charge in [-0.2, -0.15) is 5.26 Å². The van der Waals surface area contributed by atoms with E-state index in [9.17, 15) is 0 Å². The van der Waals surface area contributed by atoms with Gasteiger partial charge in [-0.25, -0.2) is 4.98 Å². The minimum atomic E-state index is 0.564. The first kappa shape index (κ1) is 12.0. The zero-order valence-corrected chi connectivity index (χ0v) is 10.9. The number of nitriles is 1. The average molecular weight is 245 g/mol. The fourth-order valence-corrected chi connectivity index (χ4v) is 2.59. The molecule has 0 fully saturated rings. The summed E-state index contributed by atoms with van der Waals surface area (Å²) in [5.74, 6) is 0.800. The minimum absolute atomic E-state index is 0.564. The lowest BCUT2D eigenvalue weighted by atomic mass is 10.1. The van der Waals surface area contributed by atoms with E-state index < -0.39 is 0 Å². The molecule has 1 heterocycles. The molecule has 0 aliphatic carbocycles. The van der Waals surface area contributed by atoms with Crippen molar-refractivity contribution in [2.75, 3.05) is 5.75 Å². The van der Waals surface area contributed by atoms with Gasteiger partial charge in [0.1, 0.15) is 0 Å². The Balaban J connectivity index is 2.32. The van der Waals surface area contributed by atoms with Gasteiger partial charge in [0, 0.05) is 19.2 Å². The van der Waals surface area contributed by atoms with E-state index in [4.69, 9.17) is 5.26 Å². The second-order valence-electron chi connectivity index (χ2n) is 3.89. The summed E-state index contributed by atoms with van der Waals surface area (Å²) in [6.45, 7) is 2.15. The molecule has 88 valence electrons. The standard InChI is InChI=1S/C13H15N3S/c1-3-10-5-6-12-11(9-10)15-13(16(12)2)17-8-4-7-14/h5-6,9H,3-4,8H2,1-2H3. The van der Waals surface area contributed by atoms with Crippen LogP contribution in [0.25, 0.3) is 11.0 Å². The molecule has 17 heavy (non-hydrogen) atoms. The molecule has 3 nitrogen and oxygen atoms in total. The van der Waals surface area contributed by atoms with Crippen LogP contribution in [0.15, 0.2) is 23.4 Å². The van der Waals surface area contributed by atoms with E-state index in [2.05, 4.69) is 40.7 Å². The van der Waals surface area contributed by atoms with E-state index in [1.807, 2.05) is 7.05 Å². The molecule has 0 amide bonds. The second kappa shape index (κ2) is 5.24. The first-order valence-electron chi connectivity index (χ1n) is 5.71. The first-order chi connectivity index (χ1) is 8.26. The van der Waals surface area contributed by atoms with E-state index in [1.54, 1.807) is 11.8 Å². The van der Waals surface area contributed by atoms with Gasteiger partial charge in [-0.1, -0.05) is 24.8 Å². The second-order valence-corrected chi connectivity index (χ2v) is 4.95. The summed E-state index contributed by atoms with van der Waals surface area (Å²) in [7, 11) is 2.02. The maximum absolute atomic E-state index is 8.53. The highest BCUT2D eigenvalue weighted by molar-refractivity contribution is 7.99. The van der Waals surface area contributed by atoms with Gasteiger partial charge >= 0.3 is 0 Å². The fraction of sp³-hybridized carbons (Fsp3) is 0.385. The van der Waals surface area contributed by atoms with Gasteiger partial charge in [-0.15, -0.1) is 0 Å². The first-order valence-corrected chi connectivity index (χ1v) is 6.70. The molecule has 0 N–H and O–H groups in total. The van der Waals surface area contributed by atoms with E-state index in [1.165, 1.54) is 5.56 Å². The fourth-order valence-electron chi connectivity index (χ4n) is 1.76. The van der Waals surface area contributed by atoms with Crippen LogP contribution in [0.1, 0.15) is 18.9 Å². The van der Waals surface area contributed by atoms with Crippen LogP contribution in [-0.4, -0.2) is 15.3 Å². The molecular formula is C13H15N3S. The number of hydrogen-bond acceptors (Lipinski definition) is 3. The zero-order valence-electron chi connectivity index (χ0n) is 10.1. The molecule has 0 saturated heterocycles. The van der Waals surface area contributed by atoms with E-state index in [-0.39, 0.29) is 0 Å². The van der Waals surface area contributed by atoms with Crippen molar-refractivity contribution in [3.8, 4) is 6.07 Å². The number of nitrogens with zero attached hydrogens (tertiary/aromatic N) is 3. The quantitative estimate of drug-likeness (QED) is 0.614. The van der Waals surface area contributed by atoms with Gasteiger partial charge in [-0.3, -0.25) is 0 Å². The number of aryl methyl sites for hydroxylation is 2. The van der Waals surface area contributed by atoms with Gasteiger partial charge in [0.25, 0.3) is 0 Å². The lowest BCUT2D eigenvalue weighted by molar-refractivity contribution is 0.815. The van der Waals surface area contributed by atoms with Gasteiger partial charge in [-0.05, 0) is 24.1 Å². The predicted molar refractivity (Wildman–Crippen MR) is 71.0 cm³/mol. The minimum Gasteiger partial charge on any atom is -0.322 e. The monoisotopic (exact) mass is 245 g/mol. The number of aromatic nitrogens is 2. The Morgan fingerprint density at radius 1 is 1.47 bits per heavy atom. The maximum atomic E-state index is 8.53. The van der Waals surface area contributed by atoms with Crippen LogP contribution in [-0.2, 0) is 13.5 Å². The topological polar surface area (TPSA) is 41.6 Å². The lowest BCUT2D eigenvalue weighted by Crippen LogP contribution is -1.91. The number of fused-ring (bicyclic) bond motifs is 1. The third-order valence-corrected chi connectivity index (χ3v) is 3.79. The van der Waals surface area contributed by atoms with Crippen LogP contribution >= 0.6 is 11.8 Å². The largest absolute Gasteiger partial charge is 0.322 e. The number of thioether (sulfide) groups is 1. The van der Waals surface area contributed by atoms with Crippen LogP contribution in [0.4, 0.5) is 0 Å². The van der Waals surface area contributed by atoms with Gasteiger partial charge in [0.05, 0.1) is 17.1 Å². The third-order valence-electron chi connectivity index (χ3n) is 2.76.